The number of thiocarbonyl (C=S) groups is 1. The number of aromatic hydroxyl groups is 1. The van der Waals surface area contributed by atoms with E-state index in [-0.39, 0.29) is 10.9 Å². The predicted octanol–water partition coefficient (Wildman–Crippen LogP) is 1.34. The zero-order valence-electron chi connectivity index (χ0n) is 8.40. The molecule has 0 aliphatic rings. The fourth-order valence-electron chi connectivity index (χ4n) is 1.17. The van der Waals surface area contributed by atoms with Crippen molar-refractivity contribution in [3.8, 4) is 5.75 Å². The quantitative estimate of drug-likeness (QED) is 0.411. The lowest BCUT2D eigenvalue weighted by atomic mass is 10.1. The minimum absolute atomic E-state index is 0.108. The fourth-order valence-corrected chi connectivity index (χ4v) is 1.22. The van der Waals surface area contributed by atoms with E-state index in [2.05, 4.69) is 22.7 Å². The molecule has 0 amide bonds. The maximum atomic E-state index is 9.60. The Hall–Kier alpha value is -1.62. The Morgan fingerprint density at radius 3 is 2.73 bits per heavy atom. The molecule has 5 heteroatoms. The molecule has 0 aliphatic heterocycles. The van der Waals surface area contributed by atoms with Crippen molar-refractivity contribution >= 4 is 23.0 Å². The lowest BCUT2D eigenvalue weighted by Gasteiger charge is -2.06. The second kappa shape index (κ2) is 5.31. The number of hydrazone groups is 1. The summed E-state index contributed by atoms with van der Waals surface area (Å²) < 4.78 is 0. The van der Waals surface area contributed by atoms with Crippen LogP contribution in [0.4, 0.5) is 0 Å². The van der Waals surface area contributed by atoms with Crippen LogP contribution in [0.15, 0.2) is 29.4 Å². The van der Waals surface area contributed by atoms with Crippen molar-refractivity contribution in [1.29, 1.82) is 0 Å². The van der Waals surface area contributed by atoms with Crippen LogP contribution in [0.2, 0.25) is 0 Å². The van der Waals surface area contributed by atoms with Gasteiger partial charge in [-0.2, -0.15) is 5.10 Å². The van der Waals surface area contributed by atoms with Crippen LogP contribution >= 0.6 is 12.2 Å². The van der Waals surface area contributed by atoms with E-state index >= 15 is 0 Å². The topological polar surface area (TPSA) is 70.6 Å². The third-order valence-corrected chi connectivity index (χ3v) is 1.94. The molecule has 1 aromatic rings. The van der Waals surface area contributed by atoms with Gasteiger partial charge in [-0.05, 0) is 30.8 Å². The number of benzene rings is 1. The number of hydrogen-bond acceptors (Lipinski definition) is 3. The first-order valence-corrected chi connectivity index (χ1v) is 4.96. The van der Waals surface area contributed by atoms with Crippen LogP contribution in [0.3, 0.4) is 0 Å². The Bertz CT molecular complexity index is 390. The molecule has 4 N–H and O–H groups in total. The molecule has 1 rings (SSSR count). The molecule has 0 heterocycles. The van der Waals surface area contributed by atoms with Gasteiger partial charge in [0.1, 0.15) is 5.75 Å². The number of phenols is 1. The Labute approximate surface area is 93.8 Å². The summed E-state index contributed by atoms with van der Waals surface area (Å²) in [5.41, 5.74) is 9.16. The van der Waals surface area contributed by atoms with Crippen LogP contribution in [0, 0.1) is 0 Å². The van der Waals surface area contributed by atoms with Crippen LogP contribution in [0.1, 0.15) is 18.9 Å². The maximum absolute atomic E-state index is 9.60. The highest BCUT2D eigenvalue weighted by Crippen LogP contribution is 2.17. The average molecular weight is 223 g/mol. The third-order valence-electron chi connectivity index (χ3n) is 1.85. The first-order valence-electron chi connectivity index (χ1n) is 4.55. The van der Waals surface area contributed by atoms with Crippen molar-refractivity contribution < 1.29 is 5.11 Å². The number of para-hydroxylation sites is 1. The fraction of sp³-hybridized carbons (Fsp3) is 0.200. The van der Waals surface area contributed by atoms with Crippen molar-refractivity contribution in [3.05, 3.63) is 29.8 Å². The predicted molar refractivity (Wildman–Crippen MR) is 64.9 cm³/mol. The first-order chi connectivity index (χ1) is 7.15. The van der Waals surface area contributed by atoms with Gasteiger partial charge in [0, 0.05) is 5.56 Å². The summed E-state index contributed by atoms with van der Waals surface area (Å²) in [6, 6.07) is 6.99. The number of phenolic OH excluding ortho intramolecular Hbond substituents is 1. The van der Waals surface area contributed by atoms with E-state index in [9.17, 15) is 5.11 Å². The van der Waals surface area contributed by atoms with Gasteiger partial charge in [-0.15, -0.1) is 0 Å². The average Bonchev–Trinajstić information content (AvgIpc) is 2.21. The molecular weight excluding hydrogens is 210 g/mol. The standard InChI is InChI=1S/C10H13N3OS/c1-2-8(12-13-10(11)15)7-5-3-4-6-9(7)14/h3-6,14H,2H2,1H3,(H3,11,13,15)/b12-8+. The Morgan fingerprint density at radius 2 is 2.20 bits per heavy atom. The van der Waals surface area contributed by atoms with E-state index in [1.807, 2.05) is 13.0 Å². The minimum atomic E-state index is 0.108. The SMILES string of the molecule is CC/C(=N\NC(N)=S)c1ccccc1O. The monoisotopic (exact) mass is 223 g/mol. The van der Waals surface area contributed by atoms with Gasteiger partial charge < -0.3 is 10.8 Å². The summed E-state index contributed by atoms with van der Waals surface area (Å²) >= 11 is 4.64. The van der Waals surface area contributed by atoms with Crippen molar-refractivity contribution in [3.63, 3.8) is 0 Å². The maximum Gasteiger partial charge on any atom is 0.184 e. The Kier molecular flexibility index (Phi) is 4.05. The van der Waals surface area contributed by atoms with E-state index in [4.69, 9.17) is 5.73 Å². The molecule has 4 nitrogen and oxygen atoms in total. The summed E-state index contributed by atoms with van der Waals surface area (Å²) in [5.74, 6) is 0.197. The van der Waals surface area contributed by atoms with Crippen molar-refractivity contribution in [2.75, 3.05) is 0 Å². The molecule has 0 fully saturated rings. The molecule has 1 aromatic carbocycles. The summed E-state index contributed by atoms with van der Waals surface area (Å²) in [5, 5.41) is 13.7. The number of rotatable bonds is 3. The first kappa shape index (κ1) is 11.5. The Balaban J connectivity index is 2.97. The molecule has 0 atom stereocenters. The van der Waals surface area contributed by atoms with Crippen molar-refractivity contribution in [2.24, 2.45) is 10.8 Å². The molecule has 0 bridgehead atoms. The van der Waals surface area contributed by atoms with Gasteiger partial charge in [-0.25, -0.2) is 0 Å². The number of nitrogens with zero attached hydrogens (tertiary/aromatic N) is 1. The van der Waals surface area contributed by atoms with E-state index in [1.54, 1.807) is 18.2 Å². The van der Waals surface area contributed by atoms with E-state index in [1.165, 1.54) is 0 Å². The van der Waals surface area contributed by atoms with E-state index < -0.39 is 0 Å². The Morgan fingerprint density at radius 1 is 1.53 bits per heavy atom. The lowest BCUT2D eigenvalue weighted by Crippen LogP contribution is -2.25. The van der Waals surface area contributed by atoms with Crippen molar-refractivity contribution in [2.45, 2.75) is 13.3 Å². The largest absolute Gasteiger partial charge is 0.507 e. The van der Waals surface area contributed by atoms with Crippen LogP contribution < -0.4 is 11.2 Å². The molecule has 15 heavy (non-hydrogen) atoms. The number of nitrogens with one attached hydrogen (secondary N) is 1. The second-order valence-electron chi connectivity index (χ2n) is 2.91. The molecule has 80 valence electrons. The molecule has 0 aromatic heterocycles. The van der Waals surface area contributed by atoms with Crippen molar-refractivity contribution in [1.82, 2.24) is 5.43 Å². The van der Waals surface area contributed by atoms with Gasteiger partial charge in [0.05, 0.1) is 5.71 Å². The van der Waals surface area contributed by atoms with Gasteiger partial charge in [-0.1, -0.05) is 19.1 Å². The highest BCUT2D eigenvalue weighted by atomic mass is 32.1. The molecule has 0 saturated heterocycles. The summed E-state index contributed by atoms with van der Waals surface area (Å²) in [4.78, 5) is 0. The molecule has 0 radical (unpaired) electrons. The van der Waals surface area contributed by atoms with E-state index in [0.717, 1.165) is 0 Å². The minimum Gasteiger partial charge on any atom is -0.507 e. The van der Waals surface area contributed by atoms with Crippen LogP contribution in [0.25, 0.3) is 0 Å². The highest BCUT2D eigenvalue weighted by molar-refractivity contribution is 7.80. The van der Waals surface area contributed by atoms with Crippen LogP contribution in [0.5, 0.6) is 5.75 Å². The number of hydrogen-bond donors (Lipinski definition) is 3. The van der Waals surface area contributed by atoms with Gasteiger partial charge in [-0.3, -0.25) is 5.43 Å². The third kappa shape index (κ3) is 3.21. The summed E-state index contributed by atoms with van der Waals surface area (Å²) in [6.45, 7) is 1.94. The van der Waals surface area contributed by atoms with Gasteiger partial charge in [0.2, 0.25) is 0 Å². The van der Waals surface area contributed by atoms with Gasteiger partial charge in [0.15, 0.2) is 5.11 Å². The molecule has 0 unspecified atom stereocenters. The zero-order valence-corrected chi connectivity index (χ0v) is 9.21. The number of nitrogens with two attached hydrogens (primary N) is 1. The van der Waals surface area contributed by atoms with Crippen LogP contribution in [-0.4, -0.2) is 15.9 Å². The lowest BCUT2D eigenvalue weighted by molar-refractivity contribution is 0.474. The second-order valence-corrected chi connectivity index (χ2v) is 3.35. The highest BCUT2D eigenvalue weighted by Gasteiger charge is 2.05. The van der Waals surface area contributed by atoms with E-state index in [0.29, 0.717) is 17.7 Å². The molecule has 0 aliphatic carbocycles. The normalized spacial score (nSPS) is 11.1. The molecule has 0 saturated carbocycles. The summed E-state index contributed by atoms with van der Waals surface area (Å²) in [6.07, 6.45) is 0.674. The molecular formula is C10H13N3OS. The smallest absolute Gasteiger partial charge is 0.184 e. The van der Waals surface area contributed by atoms with Gasteiger partial charge >= 0.3 is 0 Å². The summed E-state index contributed by atoms with van der Waals surface area (Å²) in [7, 11) is 0. The molecule has 0 spiro atoms. The van der Waals surface area contributed by atoms with Crippen LogP contribution in [-0.2, 0) is 0 Å². The van der Waals surface area contributed by atoms with Gasteiger partial charge in [0.25, 0.3) is 0 Å². The zero-order chi connectivity index (χ0) is 11.3.